The highest BCUT2D eigenvalue weighted by Crippen LogP contribution is 2.45. The van der Waals surface area contributed by atoms with Gasteiger partial charge in [-0.25, -0.2) is 4.68 Å². The van der Waals surface area contributed by atoms with Crippen molar-refractivity contribution in [3.8, 4) is 23.0 Å². The van der Waals surface area contributed by atoms with Crippen molar-refractivity contribution < 1.29 is 36.9 Å². The van der Waals surface area contributed by atoms with Crippen LogP contribution in [-0.4, -0.2) is 42.9 Å². The standard InChI is InChI=1S/C23H21F3N4O5/c1-32-16-5-3-12(7-18(16)33-2)15-9-20(23(24,25)26)30-21(29-15)14(10-27-30)22(31)28-13-4-6-17-19(8-13)35-11-34-17/h3-8,10,15,20,29H,9,11H2,1-2H3,(H,28,31). The Labute approximate surface area is 197 Å². The molecular formula is C23H21F3N4O5. The van der Waals surface area contributed by atoms with E-state index in [2.05, 4.69) is 15.7 Å². The number of carbonyl (C=O) groups is 1. The minimum atomic E-state index is -4.58. The van der Waals surface area contributed by atoms with Gasteiger partial charge in [0.2, 0.25) is 6.79 Å². The molecule has 2 aliphatic heterocycles. The zero-order valence-electron chi connectivity index (χ0n) is 18.7. The molecule has 184 valence electrons. The molecular weight excluding hydrogens is 469 g/mol. The van der Waals surface area contributed by atoms with Crippen LogP contribution in [-0.2, 0) is 0 Å². The van der Waals surface area contributed by atoms with E-state index >= 15 is 0 Å². The van der Waals surface area contributed by atoms with Crippen LogP contribution in [0.1, 0.15) is 34.4 Å². The van der Waals surface area contributed by atoms with Crippen molar-refractivity contribution in [2.45, 2.75) is 24.7 Å². The summed E-state index contributed by atoms with van der Waals surface area (Å²) < 4.78 is 63.9. The fraction of sp³-hybridized carbons (Fsp3) is 0.304. The first-order valence-electron chi connectivity index (χ1n) is 10.6. The maximum Gasteiger partial charge on any atom is 0.410 e. The van der Waals surface area contributed by atoms with Gasteiger partial charge in [0.1, 0.15) is 11.4 Å². The first-order valence-corrected chi connectivity index (χ1v) is 10.6. The fourth-order valence-corrected chi connectivity index (χ4v) is 4.19. The second kappa shape index (κ2) is 8.60. The van der Waals surface area contributed by atoms with Crippen LogP contribution in [0.2, 0.25) is 0 Å². The predicted octanol–water partition coefficient (Wildman–Crippen LogP) is 4.54. The van der Waals surface area contributed by atoms with Gasteiger partial charge in [-0.2, -0.15) is 18.3 Å². The van der Waals surface area contributed by atoms with E-state index < -0.39 is 24.2 Å². The number of ether oxygens (including phenoxy) is 4. The summed E-state index contributed by atoms with van der Waals surface area (Å²) in [6.07, 6.45) is -3.78. The summed E-state index contributed by atoms with van der Waals surface area (Å²) >= 11 is 0. The molecule has 2 N–H and O–H groups in total. The van der Waals surface area contributed by atoms with E-state index in [1.807, 2.05) is 0 Å². The van der Waals surface area contributed by atoms with Crippen molar-refractivity contribution >= 4 is 17.4 Å². The monoisotopic (exact) mass is 490 g/mol. The third-order valence-electron chi connectivity index (χ3n) is 5.92. The number of amides is 1. The Balaban J connectivity index is 1.47. The smallest absolute Gasteiger partial charge is 0.410 e. The molecule has 5 rings (SSSR count). The van der Waals surface area contributed by atoms with Crippen molar-refractivity contribution in [3.05, 3.63) is 53.7 Å². The molecule has 3 aromatic rings. The SMILES string of the molecule is COc1ccc(C2CC(C(F)(F)F)n3ncc(C(=O)Nc4ccc5c(c4)OCO5)c3N2)cc1OC. The molecule has 12 heteroatoms. The van der Waals surface area contributed by atoms with Gasteiger partial charge in [0, 0.05) is 18.2 Å². The van der Waals surface area contributed by atoms with Gasteiger partial charge in [-0.05, 0) is 29.8 Å². The van der Waals surface area contributed by atoms with Crippen molar-refractivity contribution in [1.82, 2.24) is 9.78 Å². The summed E-state index contributed by atoms with van der Waals surface area (Å²) in [4.78, 5) is 13.0. The van der Waals surface area contributed by atoms with Crippen LogP contribution in [0, 0.1) is 0 Å². The van der Waals surface area contributed by atoms with Gasteiger partial charge in [-0.3, -0.25) is 4.79 Å². The van der Waals surface area contributed by atoms with Gasteiger partial charge < -0.3 is 29.6 Å². The molecule has 0 aliphatic carbocycles. The van der Waals surface area contributed by atoms with E-state index in [1.54, 1.807) is 36.4 Å². The first kappa shape index (κ1) is 22.7. The molecule has 1 aromatic heterocycles. The molecule has 0 bridgehead atoms. The number of halogens is 3. The molecule has 2 atom stereocenters. The Morgan fingerprint density at radius 2 is 1.89 bits per heavy atom. The average molecular weight is 490 g/mol. The lowest BCUT2D eigenvalue weighted by Crippen LogP contribution is -2.36. The quantitative estimate of drug-likeness (QED) is 0.542. The molecule has 0 saturated heterocycles. The number of benzene rings is 2. The summed E-state index contributed by atoms with van der Waals surface area (Å²) in [6, 6.07) is 7.03. The molecule has 3 heterocycles. The molecule has 2 aromatic carbocycles. The minimum absolute atomic E-state index is 0.0258. The van der Waals surface area contributed by atoms with Crippen molar-refractivity contribution in [1.29, 1.82) is 0 Å². The summed E-state index contributed by atoms with van der Waals surface area (Å²) in [6.45, 7) is 0.0734. The van der Waals surface area contributed by atoms with Gasteiger partial charge >= 0.3 is 6.18 Å². The molecule has 9 nitrogen and oxygen atoms in total. The van der Waals surface area contributed by atoms with Crippen LogP contribution in [0.15, 0.2) is 42.6 Å². The number of nitrogens with zero attached hydrogens (tertiary/aromatic N) is 2. The molecule has 0 saturated carbocycles. The van der Waals surface area contributed by atoms with Crippen LogP contribution < -0.4 is 29.6 Å². The average Bonchev–Trinajstić information content (AvgIpc) is 3.48. The Morgan fingerprint density at radius 1 is 1.11 bits per heavy atom. The highest BCUT2D eigenvalue weighted by atomic mass is 19.4. The Hall–Kier alpha value is -4.09. The predicted molar refractivity (Wildman–Crippen MR) is 118 cm³/mol. The van der Waals surface area contributed by atoms with Crippen LogP contribution in [0.4, 0.5) is 24.7 Å². The normalized spacial score (nSPS) is 18.4. The number of aromatic nitrogens is 2. The number of carbonyl (C=O) groups excluding carboxylic acids is 1. The lowest BCUT2D eigenvalue weighted by molar-refractivity contribution is -0.173. The topological polar surface area (TPSA) is 95.9 Å². The van der Waals surface area contributed by atoms with Crippen LogP contribution in [0.3, 0.4) is 0 Å². The zero-order chi connectivity index (χ0) is 24.7. The number of methoxy groups -OCH3 is 2. The van der Waals surface area contributed by atoms with E-state index in [9.17, 15) is 18.0 Å². The number of alkyl halides is 3. The maximum atomic E-state index is 14.0. The molecule has 0 fully saturated rings. The maximum absolute atomic E-state index is 14.0. The number of hydrogen-bond acceptors (Lipinski definition) is 7. The number of anilines is 2. The third-order valence-corrected chi connectivity index (χ3v) is 5.92. The van der Waals surface area contributed by atoms with Gasteiger partial charge in [0.25, 0.3) is 5.91 Å². The van der Waals surface area contributed by atoms with Crippen molar-refractivity contribution in [3.63, 3.8) is 0 Å². The van der Waals surface area contributed by atoms with Crippen molar-refractivity contribution in [2.75, 3.05) is 31.6 Å². The third kappa shape index (κ3) is 4.15. The second-order valence-corrected chi connectivity index (χ2v) is 7.98. The second-order valence-electron chi connectivity index (χ2n) is 7.98. The molecule has 35 heavy (non-hydrogen) atoms. The molecule has 2 unspecified atom stereocenters. The Morgan fingerprint density at radius 3 is 2.63 bits per heavy atom. The highest BCUT2D eigenvalue weighted by molar-refractivity contribution is 6.07. The van der Waals surface area contributed by atoms with Crippen LogP contribution in [0.5, 0.6) is 23.0 Å². The van der Waals surface area contributed by atoms with Gasteiger partial charge in [0.15, 0.2) is 29.0 Å². The van der Waals surface area contributed by atoms with E-state index in [0.717, 1.165) is 10.9 Å². The van der Waals surface area contributed by atoms with Crippen LogP contribution >= 0.6 is 0 Å². The summed E-state index contributed by atoms with van der Waals surface area (Å²) in [5.74, 6) is 1.19. The van der Waals surface area contributed by atoms with E-state index in [0.29, 0.717) is 34.2 Å². The summed E-state index contributed by atoms with van der Waals surface area (Å²) in [7, 11) is 2.92. The lowest BCUT2D eigenvalue weighted by Gasteiger charge is -2.34. The molecule has 1 amide bonds. The van der Waals surface area contributed by atoms with Gasteiger partial charge in [0.05, 0.1) is 26.5 Å². The highest BCUT2D eigenvalue weighted by Gasteiger charge is 2.47. The molecule has 0 radical (unpaired) electrons. The fourth-order valence-electron chi connectivity index (χ4n) is 4.19. The Bertz CT molecular complexity index is 1280. The largest absolute Gasteiger partial charge is 0.493 e. The Kier molecular flexibility index (Phi) is 5.58. The summed E-state index contributed by atoms with van der Waals surface area (Å²) in [5.41, 5.74) is 0.924. The first-order chi connectivity index (χ1) is 16.8. The zero-order valence-corrected chi connectivity index (χ0v) is 18.7. The van der Waals surface area contributed by atoms with E-state index in [1.165, 1.54) is 14.2 Å². The van der Waals surface area contributed by atoms with E-state index in [4.69, 9.17) is 18.9 Å². The number of rotatable bonds is 5. The van der Waals surface area contributed by atoms with Crippen molar-refractivity contribution in [2.24, 2.45) is 0 Å². The number of fused-ring (bicyclic) bond motifs is 2. The van der Waals surface area contributed by atoms with Gasteiger partial charge in [-0.1, -0.05) is 6.07 Å². The molecule has 2 aliphatic rings. The minimum Gasteiger partial charge on any atom is -0.493 e. The lowest BCUT2D eigenvalue weighted by atomic mass is 9.96. The van der Waals surface area contributed by atoms with Gasteiger partial charge in [-0.15, -0.1) is 0 Å². The number of nitrogens with one attached hydrogen (secondary N) is 2. The molecule has 0 spiro atoms. The van der Waals surface area contributed by atoms with Crippen LogP contribution in [0.25, 0.3) is 0 Å². The summed E-state index contributed by atoms with van der Waals surface area (Å²) in [5, 5.41) is 9.64. The van der Waals surface area contributed by atoms with E-state index in [-0.39, 0.29) is 24.6 Å². The number of hydrogen-bond donors (Lipinski definition) is 2.